The van der Waals surface area contributed by atoms with E-state index in [1.807, 2.05) is 0 Å². The smallest absolute Gasteiger partial charge is 0.408 e. The molecule has 0 aromatic rings. The van der Waals surface area contributed by atoms with Crippen molar-refractivity contribution >= 4 is 10.3 Å². The van der Waals surface area contributed by atoms with Crippen LogP contribution in [0.2, 0.25) is 0 Å². The monoisotopic (exact) mass is 240 g/mol. The first-order valence-corrected chi connectivity index (χ1v) is 5.75. The van der Waals surface area contributed by atoms with E-state index in [1.165, 1.54) is 19.1 Å². The third-order valence-electron chi connectivity index (χ3n) is 1.62. The molecule has 0 aliphatic rings. The van der Waals surface area contributed by atoms with Crippen molar-refractivity contribution in [2.75, 3.05) is 27.2 Å². The van der Waals surface area contributed by atoms with Gasteiger partial charge in [0.25, 0.3) is 5.28 Å². The van der Waals surface area contributed by atoms with Crippen LogP contribution in [0.25, 0.3) is 0 Å². The number of nitrogens with zero attached hydrogens (tertiary/aromatic N) is 4. The summed E-state index contributed by atoms with van der Waals surface area (Å²) in [5.41, 5.74) is 0. The van der Waals surface area contributed by atoms with Gasteiger partial charge in [-0.05, 0) is 13.8 Å². The van der Waals surface area contributed by atoms with E-state index in [0.717, 1.165) is 4.31 Å². The van der Waals surface area contributed by atoms with Crippen LogP contribution in [-0.2, 0) is 14.6 Å². The fraction of sp³-hybridized carbons (Fsp3) is 1.00. The Bertz CT molecular complexity index is 309. The van der Waals surface area contributed by atoms with Gasteiger partial charge in [-0.25, -0.2) is 0 Å². The van der Waals surface area contributed by atoms with Crippen LogP contribution in [0.15, 0.2) is 5.28 Å². The molecule has 0 saturated heterocycles. The van der Waals surface area contributed by atoms with Crippen molar-refractivity contribution in [3.63, 3.8) is 0 Å². The summed E-state index contributed by atoms with van der Waals surface area (Å²) < 4.78 is 27.1. The first-order chi connectivity index (χ1) is 6.85. The Labute approximate surface area is 89.5 Å². The third kappa shape index (κ3) is 4.30. The second kappa shape index (κ2) is 5.71. The van der Waals surface area contributed by atoms with E-state index in [1.54, 1.807) is 13.8 Å². The van der Waals surface area contributed by atoms with E-state index in [0.29, 0.717) is 13.1 Å². The number of hydrogen-bond acceptors (Lipinski definition) is 5. The topological polar surface area (TPSA) is 88.3 Å². The van der Waals surface area contributed by atoms with Crippen molar-refractivity contribution in [1.29, 1.82) is 0 Å². The third-order valence-corrected chi connectivity index (χ3v) is 2.77. The average molecular weight is 240 g/mol. The van der Waals surface area contributed by atoms with E-state index >= 15 is 0 Å². The molecule has 90 valence electrons. The zero-order valence-corrected chi connectivity index (χ0v) is 10.1. The fourth-order valence-corrected chi connectivity index (χ4v) is 0.929. The number of hydrogen-bond donors (Lipinski definition) is 0. The minimum absolute atomic E-state index is 0.112. The van der Waals surface area contributed by atoms with E-state index in [4.69, 9.17) is 0 Å². The molecule has 15 heavy (non-hydrogen) atoms. The first kappa shape index (κ1) is 13.9. The maximum absolute atomic E-state index is 11.1. The van der Waals surface area contributed by atoms with Crippen LogP contribution in [0.3, 0.4) is 0 Å². The van der Waals surface area contributed by atoms with Gasteiger partial charge in [-0.15, -0.1) is 5.01 Å². The largest absolute Gasteiger partial charge is 0.569 e. The maximum atomic E-state index is 11.1. The van der Waals surface area contributed by atoms with Gasteiger partial charge in [-0.3, -0.25) is 0 Å². The van der Waals surface area contributed by atoms with Crippen LogP contribution in [0.4, 0.5) is 0 Å². The molecule has 0 aromatic carbocycles. The second-order valence-electron chi connectivity index (χ2n) is 2.79. The van der Waals surface area contributed by atoms with E-state index in [9.17, 15) is 13.6 Å². The minimum Gasteiger partial charge on any atom is -0.569 e. The second-order valence-corrected chi connectivity index (χ2v) is 4.52. The van der Waals surface area contributed by atoms with E-state index in [-0.39, 0.29) is 4.97 Å². The Morgan fingerprint density at radius 2 is 1.80 bits per heavy atom. The molecule has 0 radical (unpaired) electrons. The quantitative estimate of drug-likeness (QED) is 0.369. The Hall–Kier alpha value is -1.09. The van der Waals surface area contributed by atoms with E-state index in [2.05, 4.69) is 9.56 Å². The van der Waals surface area contributed by atoms with Crippen molar-refractivity contribution in [2.45, 2.75) is 13.8 Å². The molecule has 0 aliphatic heterocycles. The summed E-state index contributed by atoms with van der Waals surface area (Å²) in [4.78, 5) is 0.112. The van der Waals surface area contributed by atoms with Crippen molar-refractivity contribution in [3.05, 3.63) is 5.21 Å². The molecule has 0 amide bonds. The highest BCUT2D eigenvalue weighted by Crippen LogP contribution is 1.98. The molecule has 0 aromatic heterocycles. The molecule has 0 rings (SSSR count). The summed E-state index contributed by atoms with van der Waals surface area (Å²) in [5, 5.41) is 15.3. The van der Waals surface area contributed by atoms with Gasteiger partial charge in [0.15, 0.2) is 0 Å². The molecule has 0 spiro atoms. The van der Waals surface area contributed by atoms with Crippen molar-refractivity contribution in [2.24, 2.45) is 5.28 Å². The summed E-state index contributed by atoms with van der Waals surface area (Å²) in [6.07, 6.45) is 0. The van der Waals surface area contributed by atoms with Gasteiger partial charge in [-0.2, -0.15) is 17.0 Å². The average Bonchev–Trinajstić information content (AvgIpc) is 2.16. The number of hydrazine groups is 1. The van der Waals surface area contributed by atoms with Crippen LogP contribution in [-0.4, -0.2) is 49.9 Å². The molecule has 0 unspecified atom stereocenters. The lowest BCUT2D eigenvalue weighted by Crippen LogP contribution is -2.31. The van der Waals surface area contributed by atoms with Crippen LogP contribution in [0, 0.1) is 5.21 Å². The lowest BCUT2D eigenvalue weighted by Gasteiger charge is -2.13. The molecule has 0 aliphatic carbocycles. The molecular weight excluding hydrogens is 224 g/mol. The Kier molecular flexibility index (Phi) is 5.29. The lowest BCUT2D eigenvalue weighted by atomic mass is 10.6. The molecule has 0 N–H and O–H groups in total. The molecule has 0 bridgehead atoms. The van der Waals surface area contributed by atoms with Gasteiger partial charge < -0.3 is 5.21 Å². The highest BCUT2D eigenvalue weighted by Gasteiger charge is 2.18. The normalized spacial score (nSPS) is 13.0. The SMILES string of the molecule is CCN(CC)[N+]([O-])=NOS(=O)(=O)N(C)C. The zero-order chi connectivity index (χ0) is 12.1. The molecule has 0 heterocycles. The molecule has 0 saturated carbocycles. The van der Waals surface area contributed by atoms with Crippen molar-refractivity contribution in [3.8, 4) is 0 Å². The highest BCUT2D eigenvalue weighted by atomic mass is 32.2. The predicted octanol–water partition coefficient (Wildman–Crippen LogP) is -0.0563. The lowest BCUT2D eigenvalue weighted by molar-refractivity contribution is -0.706. The Balaban J connectivity index is 4.53. The summed E-state index contributed by atoms with van der Waals surface area (Å²) in [6.45, 7) is 4.30. The Morgan fingerprint density at radius 3 is 2.13 bits per heavy atom. The molecular formula is C6H16N4O4S. The van der Waals surface area contributed by atoms with Gasteiger partial charge in [0.05, 0.1) is 18.1 Å². The van der Waals surface area contributed by atoms with Gasteiger partial charge in [0.2, 0.25) is 0 Å². The predicted molar refractivity (Wildman–Crippen MR) is 52.7 cm³/mol. The van der Waals surface area contributed by atoms with Gasteiger partial charge in [-0.1, -0.05) is 0 Å². The van der Waals surface area contributed by atoms with Crippen LogP contribution >= 0.6 is 0 Å². The summed E-state index contributed by atoms with van der Waals surface area (Å²) in [5.74, 6) is 0. The van der Waals surface area contributed by atoms with Gasteiger partial charge in [0, 0.05) is 14.1 Å². The van der Waals surface area contributed by atoms with Gasteiger partial charge in [0.1, 0.15) is 0 Å². The van der Waals surface area contributed by atoms with Crippen LogP contribution < -0.4 is 0 Å². The standard InChI is InChI=1S/C6H16N4O4S/c1-5-9(6-2)10(11)7-14-15(12,13)8(3)4/h5-6H2,1-4H3. The highest BCUT2D eigenvalue weighted by molar-refractivity contribution is 7.84. The van der Waals surface area contributed by atoms with Crippen molar-refractivity contribution < 1.29 is 17.7 Å². The van der Waals surface area contributed by atoms with E-state index < -0.39 is 10.3 Å². The molecule has 0 atom stereocenters. The van der Waals surface area contributed by atoms with Crippen LogP contribution in [0.1, 0.15) is 13.8 Å². The maximum Gasteiger partial charge on any atom is 0.408 e. The summed E-state index contributed by atoms with van der Waals surface area (Å²) in [6, 6.07) is 0. The minimum atomic E-state index is -3.94. The molecule has 9 heteroatoms. The number of rotatable bonds is 6. The zero-order valence-electron chi connectivity index (χ0n) is 9.24. The Morgan fingerprint density at radius 1 is 1.33 bits per heavy atom. The van der Waals surface area contributed by atoms with Crippen molar-refractivity contribution in [1.82, 2.24) is 9.31 Å². The summed E-state index contributed by atoms with van der Waals surface area (Å²) in [7, 11) is -1.39. The van der Waals surface area contributed by atoms with Gasteiger partial charge >= 0.3 is 10.3 Å². The summed E-state index contributed by atoms with van der Waals surface area (Å²) >= 11 is 0. The first-order valence-electron chi connectivity index (χ1n) is 4.39. The van der Waals surface area contributed by atoms with Crippen LogP contribution in [0.5, 0.6) is 0 Å². The molecule has 0 fully saturated rings. The fourth-order valence-electron chi connectivity index (χ4n) is 0.655. The molecule has 8 nitrogen and oxygen atoms in total.